The second-order valence-corrected chi connectivity index (χ2v) is 10.4. The summed E-state index contributed by atoms with van der Waals surface area (Å²) in [5, 5.41) is 18.3. The van der Waals surface area contributed by atoms with E-state index in [0.29, 0.717) is 17.9 Å². The summed E-state index contributed by atoms with van der Waals surface area (Å²) in [7, 11) is -0.588. The summed E-state index contributed by atoms with van der Waals surface area (Å²) in [6.45, 7) is 0.433. The van der Waals surface area contributed by atoms with E-state index >= 15 is 0 Å². The van der Waals surface area contributed by atoms with Crippen LogP contribution in [0.4, 0.5) is 0 Å². The van der Waals surface area contributed by atoms with Gasteiger partial charge >= 0.3 is 44.7 Å². The van der Waals surface area contributed by atoms with Gasteiger partial charge in [0.2, 0.25) is 11.8 Å². The Labute approximate surface area is 233 Å². The second kappa shape index (κ2) is 15.4. The van der Waals surface area contributed by atoms with Gasteiger partial charge < -0.3 is 9.99 Å². The average molecular weight is 539 g/mol. The number of hydrogen-bond acceptors (Lipinski definition) is 8. The Morgan fingerprint density at radius 3 is 2.29 bits per heavy atom. The molecule has 0 aliphatic rings. The number of ether oxygens (including phenoxy) is 1. The first-order chi connectivity index (χ1) is 16.5. The molecule has 0 spiro atoms. The van der Waals surface area contributed by atoms with Gasteiger partial charge in [0.1, 0.15) is 5.75 Å². The minimum Gasteiger partial charge on any atom is -0.674 e. The molecule has 3 aromatic carbocycles. The minimum atomic E-state index is -2.49. The zero-order valence-corrected chi connectivity index (χ0v) is 24.2. The topological polar surface area (TPSA) is 95.5 Å². The molecule has 1 N–H and O–H groups in total. The molecule has 12 heteroatoms. The van der Waals surface area contributed by atoms with E-state index in [1.807, 2.05) is 54.6 Å². The second-order valence-electron chi connectivity index (χ2n) is 7.03. The van der Waals surface area contributed by atoms with E-state index in [1.165, 1.54) is 0 Å². The van der Waals surface area contributed by atoms with Gasteiger partial charge in [0.15, 0.2) is 5.75 Å². The molecule has 35 heavy (non-hydrogen) atoms. The first kappa shape index (κ1) is 29.5. The molecular weight excluding hydrogens is 515 g/mol. The fraction of sp³-hybridized carbons (Fsp3) is 0.174. The molecule has 0 aromatic heterocycles. The van der Waals surface area contributed by atoms with E-state index in [4.69, 9.17) is 21.1 Å². The van der Waals surface area contributed by atoms with Crippen LogP contribution in [0.1, 0.15) is 22.5 Å². The van der Waals surface area contributed by atoms with Gasteiger partial charge in [0, 0.05) is 12.1 Å². The Morgan fingerprint density at radius 2 is 1.69 bits per heavy atom. The van der Waals surface area contributed by atoms with E-state index in [0.717, 1.165) is 16.9 Å². The van der Waals surface area contributed by atoms with Gasteiger partial charge in [-0.2, -0.15) is 4.67 Å². The summed E-state index contributed by atoms with van der Waals surface area (Å²) in [6, 6.07) is 24.0. The first-order valence-corrected chi connectivity index (χ1v) is 13.7. The number of hydrogen-bond donors (Lipinski definition) is 1. The normalized spacial score (nSPS) is 12.4. The zero-order chi connectivity index (χ0) is 24.3. The molecule has 0 bridgehead atoms. The van der Waals surface area contributed by atoms with Crippen LogP contribution in [0.25, 0.3) is 0 Å². The van der Waals surface area contributed by atoms with Crippen LogP contribution in [0.3, 0.4) is 0 Å². The van der Waals surface area contributed by atoms with Crippen molar-refractivity contribution >= 4 is 33.1 Å². The van der Waals surface area contributed by atoms with Crippen LogP contribution in [0.15, 0.2) is 84.0 Å². The van der Waals surface area contributed by atoms with Crippen LogP contribution in [-0.4, -0.2) is 25.2 Å². The molecule has 3 atom stereocenters. The summed E-state index contributed by atoms with van der Waals surface area (Å²) < 4.78 is 28.6. The van der Waals surface area contributed by atoms with Crippen molar-refractivity contribution in [2.24, 2.45) is 5.10 Å². The molecule has 3 aromatic rings. The molecule has 0 saturated heterocycles. The van der Waals surface area contributed by atoms with E-state index in [9.17, 15) is 9.82 Å². The third-order valence-corrected chi connectivity index (χ3v) is 7.66. The molecule has 0 radical (unpaired) electrons. The monoisotopic (exact) mass is 539 g/mol. The predicted molar refractivity (Wildman–Crippen MR) is 134 cm³/mol. The van der Waals surface area contributed by atoms with E-state index in [-0.39, 0.29) is 29.6 Å². The fourth-order valence-electron chi connectivity index (χ4n) is 2.91. The van der Waals surface area contributed by atoms with Gasteiger partial charge in [0.25, 0.3) is 5.78 Å². The van der Waals surface area contributed by atoms with Crippen molar-refractivity contribution in [3.05, 3.63) is 95.6 Å². The number of hydrazone groups is 1. The third-order valence-electron chi connectivity index (χ3n) is 4.73. The number of nitrogens with one attached hydrogen (secondary N) is 1. The number of benzene rings is 3. The SMILES string of the molecule is COc1ccc(/C=N/N(C)[P+](=S)Oc2ccc(C(NCc3ccccc3)[P+](=O)O[O-])cc2)cc1.[Na+]. The van der Waals surface area contributed by atoms with Crippen molar-refractivity contribution in [3.8, 4) is 11.5 Å². The maximum absolute atomic E-state index is 12.2. The minimum absolute atomic E-state index is 0. The third kappa shape index (κ3) is 9.32. The maximum Gasteiger partial charge on any atom is 1.00 e. The number of rotatable bonds is 12. The molecular formula is C23H24N3NaO5P2S+2. The van der Waals surface area contributed by atoms with Crippen molar-refractivity contribution in [1.29, 1.82) is 0 Å². The predicted octanol–water partition coefficient (Wildman–Crippen LogP) is 1.64. The molecule has 0 saturated carbocycles. The number of methoxy groups -OCH3 is 1. The summed E-state index contributed by atoms with van der Waals surface area (Å²) in [4.78, 5) is 0. The molecule has 3 rings (SSSR count). The van der Waals surface area contributed by atoms with Crippen molar-refractivity contribution < 1.29 is 53.3 Å². The van der Waals surface area contributed by atoms with E-state index < -0.39 is 20.9 Å². The molecule has 8 nitrogen and oxygen atoms in total. The molecule has 0 aliphatic heterocycles. The van der Waals surface area contributed by atoms with Gasteiger partial charge in [-0.25, -0.2) is 0 Å². The fourth-order valence-corrected chi connectivity index (χ4v) is 4.59. The summed E-state index contributed by atoms with van der Waals surface area (Å²) in [5.41, 5.74) is 2.54. The number of nitrogens with zero attached hydrogens (tertiary/aromatic N) is 2. The van der Waals surface area contributed by atoms with Crippen LogP contribution in [0, 0.1) is 0 Å². The maximum atomic E-state index is 12.2. The Balaban J connectivity index is 0.00000432. The average Bonchev–Trinajstić information content (AvgIpc) is 2.88. The molecule has 0 aliphatic carbocycles. The zero-order valence-electron chi connectivity index (χ0n) is 19.6. The largest absolute Gasteiger partial charge is 1.00 e. The quantitative estimate of drug-likeness (QED) is 0.122. The Morgan fingerprint density at radius 1 is 1.06 bits per heavy atom. The van der Waals surface area contributed by atoms with Gasteiger partial charge in [-0.05, 0) is 64.2 Å². The Bertz CT molecular complexity index is 1120. The van der Waals surface area contributed by atoms with Crippen LogP contribution in [-0.2, 0) is 27.6 Å². The molecule has 0 heterocycles. The van der Waals surface area contributed by atoms with Gasteiger partial charge in [-0.1, -0.05) is 35.1 Å². The molecule has 176 valence electrons. The van der Waals surface area contributed by atoms with Crippen LogP contribution < -0.4 is 49.4 Å². The van der Waals surface area contributed by atoms with Crippen LogP contribution in [0.2, 0.25) is 0 Å². The van der Waals surface area contributed by atoms with E-state index in [1.54, 1.807) is 49.4 Å². The van der Waals surface area contributed by atoms with E-state index in [2.05, 4.69) is 15.1 Å². The molecule has 0 amide bonds. The summed E-state index contributed by atoms with van der Waals surface area (Å²) >= 11 is 5.45. The van der Waals surface area contributed by atoms with Gasteiger partial charge in [0.05, 0.1) is 20.4 Å². The first-order valence-electron chi connectivity index (χ1n) is 10.2. The van der Waals surface area contributed by atoms with Crippen molar-refractivity contribution in [3.63, 3.8) is 0 Å². The summed E-state index contributed by atoms with van der Waals surface area (Å²) in [5.74, 6) is 0.548. The van der Waals surface area contributed by atoms with Gasteiger partial charge in [-0.15, -0.1) is 5.10 Å². The standard InChI is InChI=1S/C23H24N3O5P2S.Na/c1-26(25-17-19-8-12-21(29-2)13-9-19)33(34)30-22-14-10-20(11-15-22)23(32(28)31-27)24-16-18-6-4-3-5-7-18;/h3-15,17,23-24H,16H2,1-2H3;/q2*+1/b25-17+;. The van der Waals surface area contributed by atoms with Crippen molar-refractivity contribution in [1.82, 2.24) is 10.1 Å². The molecule has 0 fully saturated rings. The van der Waals surface area contributed by atoms with Crippen molar-refractivity contribution in [2.45, 2.75) is 12.3 Å². The smallest absolute Gasteiger partial charge is 0.674 e. The Hall–Kier alpha value is -1.77. The van der Waals surface area contributed by atoms with Crippen molar-refractivity contribution in [2.75, 3.05) is 14.2 Å². The molecule has 3 unspecified atom stereocenters. The Kier molecular flexibility index (Phi) is 12.9. The summed E-state index contributed by atoms with van der Waals surface area (Å²) in [6.07, 6.45) is 1.69. The van der Waals surface area contributed by atoms with Crippen LogP contribution >= 0.6 is 15.1 Å². The van der Waals surface area contributed by atoms with Crippen LogP contribution in [0.5, 0.6) is 11.5 Å². The van der Waals surface area contributed by atoms with Gasteiger partial charge in [-0.3, -0.25) is 9.84 Å².